The maximum Gasteiger partial charge on any atom is 0.162 e. The van der Waals surface area contributed by atoms with E-state index in [1.165, 1.54) is 56.2 Å². The van der Waals surface area contributed by atoms with Gasteiger partial charge in [-0.05, 0) is 90.7 Å². The maximum absolute atomic E-state index is 13.1. The van der Waals surface area contributed by atoms with E-state index in [0.29, 0.717) is 23.2 Å². The number of benzene rings is 2. The Kier molecular flexibility index (Phi) is 5.57. The van der Waals surface area contributed by atoms with Crippen LogP contribution in [0.25, 0.3) is 0 Å². The molecule has 0 spiro atoms. The summed E-state index contributed by atoms with van der Waals surface area (Å²) in [6.45, 7) is 6.20. The molecule has 1 N–H and O–H groups in total. The van der Waals surface area contributed by atoms with E-state index in [2.05, 4.69) is 41.2 Å². The van der Waals surface area contributed by atoms with Gasteiger partial charge in [0.05, 0.1) is 7.11 Å². The summed E-state index contributed by atoms with van der Waals surface area (Å²) in [5.74, 6) is 2.03. The van der Waals surface area contributed by atoms with Gasteiger partial charge in [0.1, 0.15) is 12.4 Å². The van der Waals surface area contributed by atoms with Crippen molar-refractivity contribution < 1.29 is 13.9 Å². The standard InChI is InChI=1S/C27H33BrFNO2/c1-25-10-19-11-26(2,15-25)17-27(12-19,16-25)30-13-20-8-23(31-3)24(9-22(20)28)32-14-18-4-6-21(29)7-5-18/h4-9,19,30H,10-17H2,1-3H3. The molecule has 0 saturated heterocycles. The van der Waals surface area contributed by atoms with Crippen molar-refractivity contribution in [2.24, 2.45) is 16.7 Å². The summed E-state index contributed by atoms with van der Waals surface area (Å²) in [5, 5.41) is 4.01. The van der Waals surface area contributed by atoms with Gasteiger partial charge in [0.2, 0.25) is 0 Å². The Balaban J connectivity index is 1.30. The van der Waals surface area contributed by atoms with Gasteiger partial charge in [-0.3, -0.25) is 0 Å². The van der Waals surface area contributed by atoms with Crippen LogP contribution >= 0.6 is 15.9 Å². The van der Waals surface area contributed by atoms with Gasteiger partial charge in [0.15, 0.2) is 11.5 Å². The molecule has 2 atom stereocenters. The molecule has 32 heavy (non-hydrogen) atoms. The van der Waals surface area contributed by atoms with E-state index in [-0.39, 0.29) is 11.4 Å². The smallest absolute Gasteiger partial charge is 0.162 e. The molecule has 0 aliphatic heterocycles. The number of hydrogen-bond donors (Lipinski definition) is 1. The van der Waals surface area contributed by atoms with E-state index >= 15 is 0 Å². The van der Waals surface area contributed by atoms with Crippen LogP contribution in [-0.2, 0) is 13.2 Å². The van der Waals surface area contributed by atoms with Gasteiger partial charge in [-0.15, -0.1) is 0 Å². The summed E-state index contributed by atoms with van der Waals surface area (Å²) in [5.41, 5.74) is 3.34. The summed E-state index contributed by atoms with van der Waals surface area (Å²) in [4.78, 5) is 0. The lowest BCUT2D eigenvalue weighted by atomic mass is 9.43. The van der Waals surface area contributed by atoms with Crippen LogP contribution in [0.15, 0.2) is 40.9 Å². The van der Waals surface area contributed by atoms with Crippen molar-refractivity contribution in [1.82, 2.24) is 5.32 Å². The van der Waals surface area contributed by atoms with E-state index < -0.39 is 0 Å². The van der Waals surface area contributed by atoms with E-state index in [1.54, 1.807) is 19.2 Å². The SMILES string of the molecule is COc1cc(CNC23CC4CC(C)(CC(C)(C4)C2)C3)c(Br)cc1OCc1ccc(F)cc1. The highest BCUT2D eigenvalue weighted by Gasteiger charge is 2.59. The first kappa shape index (κ1) is 22.2. The molecule has 4 aliphatic carbocycles. The minimum atomic E-state index is -0.243. The Labute approximate surface area is 199 Å². The largest absolute Gasteiger partial charge is 0.493 e. The molecular weight excluding hydrogens is 469 g/mol. The third-order valence-corrected chi connectivity index (χ3v) is 8.66. The average molecular weight is 502 g/mol. The predicted molar refractivity (Wildman–Crippen MR) is 128 cm³/mol. The third-order valence-electron chi connectivity index (χ3n) is 7.92. The molecular formula is C27H33BrFNO2. The van der Waals surface area contributed by atoms with Crippen LogP contribution in [-0.4, -0.2) is 12.6 Å². The number of rotatable bonds is 7. The van der Waals surface area contributed by atoms with Crippen molar-refractivity contribution in [2.45, 2.75) is 71.1 Å². The van der Waals surface area contributed by atoms with Gasteiger partial charge >= 0.3 is 0 Å². The molecule has 4 saturated carbocycles. The van der Waals surface area contributed by atoms with Crippen molar-refractivity contribution in [3.63, 3.8) is 0 Å². The summed E-state index contributed by atoms with van der Waals surface area (Å²) in [6.07, 6.45) is 8.09. The molecule has 4 fully saturated rings. The molecule has 0 heterocycles. The highest BCUT2D eigenvalue weighted by atomic mass is 79.9. The highest BCUT2D eigenvalue weighted by molar-refractivity contribution is 9.10. The maximum atomic E-state index is 13.1. The molecule has 0 amide bonds. The number of hydrogen-bond acceptors (Lipinski definition) is 3. The summed E-state index contributed by atoms with van der Waals surface area (Å²) in [7, 11) is 1.67. The van der Waals surface area contributed by atoms with Crippen LogP contribution < -0.4 is 14.8 Å². The van der Waals surface area contributed by atoms with E-state index in [1.807, 2.05) is 6.07 Å². The van der Waals surface area contributed by atoms with Crippen LogP contribution in [0.5, 0.6) is 11.5 Å². The Morgan fingerprint density at radius 3 is 2.31 bits per heavy atom. The third kappa shape index (κ3) is 4.31. The van der Waals surface area contributed by atoms with Gasteiger partial charge in [0.25, 0.3) is 0 Å². The van der Waals surface area contributed by atoms with Crippen LogP contribution in [0.4, 0.5) is 4.39 Å². The zero-order chi connectivity index (χ0) is 22.6. The zero-order valence-electron chi connectivity index (χ0n) is 19.3. The number of methoxy groups -OCH3 is 1. The van der Waals surface area contributed by atoms with Gasteiger partial charge in [-0.25, -0.2) is 4.39 Å². The van der Waals surface area contributed by atoms with Crippen LogP contribution in [0, 0.1) is 22.6 Å². The first-order valence-corrected chi connectivity index (χ1v) is 12.5. The van der Waals surface area contributed by atoms with Gasteiger partial charge < -0.3 is 14.8 Å². The van der Waals surface area contributed by atoms with E-state index in [9.17, 15) is 4.39 Å². The molecule has 5 heteroatoms. The Bertz CT molecular complexity index is 989. The molecule has 172 valence electrons. The number of ether oxygens (including phenoxy) is 2. The van der Waals surface area contributed by atoms with Crippen molar-refractivity contribution in [1.29, 1.82) is 0 Å². The Morgan fingerprint density at radius 1 is 1.00 bits per heavy atom. The van der Waals surface area contributed by atoms with E-state index in [4.69, 9.17) is 9.47 Å². The molecule has 4 aliphatic rings. The summed E-state index contributed by atoms with van der Waals surface area (Å²) in [6, 6.07) is 10.4. The Morgan fingerprint density at radius 2 is 1.69 bits per heavy atom. The Hall–Kier alpha value is -1.59. The van der Waals surface area contributed by atoms with E-state index in [0.717, 1.165) is 28.2 Å². The summed E-state index contributed by atoms with van der Waals surface area (Å²) >= 11 is 3.75. The predicted octanol–water partition coefficient (Wildman–Crippen LogP) is 7.01. The van der Waals surface area contributed by atoms with Crippen LogP contribution in [0.3, 0.4) is 0 Å². The summed E-state index contributed by atoms with van der Waals surface area (Å²) < 4.78 is 25.8. The zero-order valence-corrected chi connectivity index (χ0v) is 20.9. The van der Waals surface area contributed by atoms with Crippen LogP contribution in [0.2, 0.25) is 0 Å². The first-order chi connectivity index (χ1) is 15.2. The van der Waals surface area contributed by atoms with Crippen molar-refractivity contribution in [3.05, 3.63) is 57.8 Å². The fourth-order valence-corrected chi connectivity index (χ4v) is 8.12. The topological polar surface area (TPSA) is 30.5 Å². The quantitative estimate of drug-likeness (QED) is 0.442. The second-order valence-corrected chi connectivity index (χ2v) is 12.1. The fourth-order valence-electron chi connectivity index (χ4n) is 7.65. The lowest BCUT2D eigenvalue weighted by Gasteiger charge is -2.65. The molecule has 6 rings (SSSR count). The number of halogens is 2. The lowest BCUT2D eigenvalue weighted by molar-refractivity contribution is -0.118. The lowest BCUT2D eigenvalue weighted by Crippen LogP contribution is -2.63. The van der Waals surface area contributed by atoms with Gasteiger partial charge in [0, 0.05) is 16.6 Å². The van der Waals surface area contributed by atoms with Crippen molar-refractivity contribution >= 4 is 15.9 Å². The first-order valence-electron chi connectivity index (χ1n) is 11.7. The normalized spacial score (nSPS) is 32.8. The second-order valence-electron chi connectivity index (χ2n) is 11.3. The minimum absolute atomic E-state index is 0.243. The molecule has 3 nitrogen and oxygen atoms in total. The fraction of sp³-hybridized carbons (Fsp3) is 0.556. The second kappa shape index (κ2) is 8.02. The monoisotopic (exact) mass is 501 g/mol. The molecule has 0 radical (unpaired) electrons. The minimum Gasteiger partial charge on any atom is -0.493 e. The molecule has 2 unspecified atom stereocenters. The van der Waals surface area contributed by atoms with Crippen molar-refractivity contribution in [3.8, 4) is 11.5 Å². The van der Waals surface area contributed by atoms with Gasteiger partial charge in [-0.2, -0.15) is 0 Å². The average Bonchev–Trinajstić information content (AvgIpc) is 2.70. The van der Waals surface area contributed by atoms with Crippen LogP contribution in [0.1, 0.15) is 63.5 Å². The van der Waals surface area contributed by atoms with Crippen molar-refractivity contribution in [2.75, 3.05) is 7.11 Å². The molecule has 0 aromatic heterocycles. The molecule has 4 bridgehead atoms. The van der Waals surface area contributed by atoms with Gasteiger partial charge in [-0.1, -0.05) is 41.9 Å². The molecule has 2 aromatic carbocycles. The highest BCUT2D eigenvalue weighted by Crippen LogP contribution is 2.66. The number of nitrogens with one attached hydrogen (secondary N) is 1. The molecule has 2 aromatic rings.